The van der Waals surface area contributed by atoms with E-state index < -0.39 is 0 Å². The van der Waals surface area contributed by atoms with E-state index in [4.69, 9.17) is 4.74 Å². The Labute approximate surface area is 150 Å². The molecule has 0 aliphatic carbocycles. The zero-order valence-corrected chi connectivity index (χ0v) is 15.9. The summed E-state index contributed by atoms with van der Waals surface area (Å²) in [4.78, 5) is 12.8. The molecule has 0 bridgehead atoms. The number of carbonyl (C=O) groups excluding carboxylic acids is 1. The molecule has 0 atom stereocenters. The molecule has 1 amide bonds. The first-order chi connectivity index (χ1) is 12.0. The van der Waals surface area contributed by atoms with E-state index in [1.54, 1.807) is 0 Å². The summed E-state index contributed by atoms with van der Waals surface area (Å²) in [7, 11) is 0. The summed E-state index contributed by atoms with van der Waals surface area (Å²) >= 11 is 0. The molecule has 25 heavy (non-hydrogen) atoms. The van der Waals surface area contributed by atoms with Crippen LogP contribution in [0.25, 0.3) is 10.9 Å². The number of hydrogen-bond acceptors (Lipinski definition) is 2. The molecule has 0 saturated carbocycles. The number of ether oxygens (including phenoxy) is 1. The van der Waals surface area contributed by atoms with Crippen molar-refractivity contribution in [3.8, 4) is 0 Å². The van der Waals surface area contributed by atoms with Crippen LogP contribution in [0.15, 0.2) is 30.9 Å². The predicted molar refractivity (Wildman–Crippen MR) is 104 cm³/mol. The van der Waals surface area contributed by atoms with Crippen LogP contribution in [0.5, 0.6) is 0 Å². The van der Waals surface area contributed by atoms with Crippen molar-refractivity contribution in [2.45, 2.75) is 46.6 Å². The van der Waals surface area contributed by atoms with Crippen molar-refractivity contribution in [1.82, 2.24) is 9.88 Å². The molecule has 4 nitrogen and oxygen atoms in total. The van der Waals surface area contributed by atoms with Gasteiger partial charge in [-0.25, -0.2) is 0 Å². The van der Waals surface area contributed by atoms with Gasteiger partial charge in [-0.15, -0.1) is 6.58 Å². The van der Waals surface area contributed by atoms with Crippen LogP contribution < -0.4 is 5.32 Å². The first kappa shape index (κ1) is 19.3. The summed E-state index contributed by atoms with van der Waals surface area (Å²) in [6, 6.07) is 6.48. The van der Waals surface area contributed by atoms with Crippen molar-refractivity contribution in [2.24, 2.45) is 0 Å². The number of benzene rings is 1. The second kappa shape index (κ2) is 8.86. The number of rotatable bonds is 9. The van der Waals surface area contributed by atoms with Crippen molar-refractivity contribution >= 4 is 16.8 Å². The Morgan fingerprint density at radius 3 is 2.80 bits per heavy atom. The predicted octanol–water partition coefficient (Wildman–Crippen LogP) is 4.42. The van der Waals surface area contributed by atoms with Crippen molar-refractivity contribution in [3.05, 3.63) is 47.7 Å². The van der Waals surface area contributed by atoms with E-state index in [1.807, 2.05) is 19.9 Å². The Morgan fingerprint density at radius 1 is 1.40 bits per heavy atom. The number of nitrogens with zero attached hydrogens (tertiary/aromatic N) is 1. The van der Waals surface area contributed by atoms with E-state index in [-0.39, 0.29) is 5.91 Å². The number of nitrogens with one attached hydrogen (secondary N) is 1. The van der Waals surface area contributed by atoms with Gasteiger partial charge in [-0.2, -0.15) is 0 Å². The SMILES string of the molecule is C=CCn1c(C(=O)NCCCOCC)c(C)c2cc(C(C)C)ccc21. The van der Waals surface area contributed by atoms with Crippen LogP contribution in [-0.2, 0) is 11.3 Å². The van der Waals surface area contributed by atoms with E-state index >= 15 is 0 Å². The Morgan fingerprint density at radius 2 is 2.16 bits per heavy atom. The van der Waals surface area contributed by atoms with E-state index in [1.165, 1.54) is 5.56 Å². The van der Waals surface area contributed by atoms with Crippen LogP contribution in [0.3, 0.4) is 0 Å². The molecular weight excluding hydrogens is 312 g/mol. The highest BCUT2D eigenvalue weighted by Gasteiger charge is 2.20. The monoisotopic (exact) mass is 342 g/mol. The zero-order valence-electron chi connectivity index (χ0n) is 15.9. The Kier molecular flexibility index (Phi) is 6.82. The summed E-state index contributed by atoms with van der Waals surface area (Å²) in [6.45, 7) is 14.8. The molecule has 0 saturated heterocycles. The van der Waals surface area contributed by atoms with Gasteiger partial charge >= 0.3 is 0 Å². The second-order valence-corrected chi connectivity index (χ2v) is 6.61. The summed E-state index contributed by atoms with van der Waals surface area (Å²) in [5, 5.41) is 4.17. The van der Waals surface area contributed by atoms with Crippen molar-refractivity contribution in [1.29, 1.82) is 0 Å². The molecule has 136 valence electrons. The van der Waals surface area contributed by atoms with Gasteiger partial charge in [0.2, 0.25) is 0 Å². The Balaban J connectivity index is 2.33. The third-order valence-corrected chi connectivity index (χ3v) is 4.49. The normalized spacial score (nSPS) is 11.2. The number of aromatic nitrogens is 1. The number of carbonyl (C=O) groups is 1. The van der Waals surface area contributed by atoms with Crippen LogP contribution in [0.1, 0.15) is 54.7 Å². The first-order valence-corrected chi connectivity index (χ1v) is 9.10. The van der Waals surface area contributed by atoms with Crippen molar-refractivity contribution < 1.29 is 9.53 Å². The lowest BCUT2D eigenvalue weighted by Crippen LogP contribution is -2.28. The van der Waals surface area contributed by atoms with Gasteiger partial charge in [-0.05, 0) is 49.4 Å². The molecule has 0 aliphatic heterocycles. The molecule has 1 aromatic carbocycles. The van der Waals surface area contributed by atoms with E-state index in [0.29, 0.717) is 32.2 Å². The highest BCUT2D eigenvalue weighted by Crippen LogP contribution is 2.29. The largest absolute Gasteiger partial charge is 0.382 e. The van der Waals surface area contributed by atoms with Gasteiger partial charge in [0.15, 0.2) is 0 Å². The quantitative estimate of drug-likeness (QED) is 0.542. The lowest BCUT2D eigenvalue weighted by Gasteiger charge is -2.10. The lowest BCUT2D eigenvalue weighted by molar-refractivity contribution is 0.0935. The number of aryl methyl sites for hydroxylation is 1. The van der Waals surface area contributed by atoms with Crippen LogP contribution in [0, 0.1) is 6.92 Å². The number of allylic oxidation sites excluding steroid dienone is 1. The lowest BCUT2D eigenvalue weighted by atomic mass is 10.0. The summed E-state index contributed by atoms with van der Waals surface area (Å²) in [5.41, 5.74) is 4.13. The fourth-order valence-corrected chi connectivity index (χ4v) is 3.11. The molecular formula is C21H30N2O2. The Bertz CT molecular complexity index is 744. The fourth-order valence-electron chi connectivity index (χ4n) is 3.11. The average molecular weight is 342 g/mol. The second-order valence-electron chi connectivity index (χ2n) is 6.61. The third kappa shape index (κ3) is 4.31. The van der Waals surface area contributed by atoms with Gasteiger partial charge in [0.1, 0.15) is 5.69 Å². The summed E-state index contributed by atoms with van der Waals surface area (Å²) in [5.74, 6) is 0.431. The van der Waals surface area contributed by atoms with Gasteiger partial charge in [0.25, 0.3) is 5.91 Å². The molecule has 0 radical (unpaired) electrons. The maximum atomic E-state index is 12.8. The van der Waals surface area contributed by atoms with Crippen molar-refractivity contribution in [2.75, 3.05) is 19.8 Å². The summed E-state index contributed by atoms with van der Waals surface area (Å²) < 4.78 is 7.38. The molecule has 0 aliphatic rings. The third-order valence-electron chi connectivity index (χ3n) is 4.49. The smallest absolute Gasteiger partial charge is 0.268 e. The highest BCUT2D eigenvalue weighted by atomic mass is 16.5. The zero-order chi connectivity index (χ0) is 18.4. The van der Waals surface area contributed by atoms with Crippen LogP contribution in [0.2, 0.25) is 0 Å². The van der Waals surface area contributed by atoms with Crippen molar-refractivity contribution in [3.63, 3.8) is 0 Å². The molecule has 0 fully saturated rings. The first-order valence-electron chi connectivity index (χ1n) is 9.10. The van der Waals surface area contributed by atoms with Gasteiger partial charge in [-0.1, -0.05) is 26.0 Å². The van der Waals surface area contributed by atoms with Gasteiger partial charge in [0.05, 0.1) is 0 Å². The molecule has 1 aromatic heterocycles. The van der Waals surface area contributed by atoms with Gasteiger partial charge in [-0.3, -0.25) is 4.79 Å². The topological polar surface area (TPSA) is 43.3 Å². The average Bonchev–Trinajstić information content (AvgIpc) is 2.87. The maximum absolute atomic E-state index is 12.8. The number of amides is 1. The van der Waals surface area contributed by atoms with Crippen LogP contribution in [0.4, 0.5) is 0 Å². The van der Waals surface area contributed by atoms with E-state index in [9.17, 15) is 4.79 Å². The molecule has 2 aromatic rings. The minimum Gasteiger partial charge on any atom is -0.382 e. The van der Waals surface area contributed by atoms with E-state index in [0.717, 1.165) is 28.6 Å². The summed E-state index contributed by atoms with van der Waals surface area (Å²) in [6.07, 6.45) is 2.65. The Hall–Kier alpha value is -2.07. The van der Waals surface area contributed by atoms with Crippen LogP contribution in [-0.4, -0.2) is 30.2 Å². The van der Waals surface area contributed by atoms with Gasteiger partial charge < -0.3 is 14.6 Å². The fraction of sp³-hybridized carbons (Fsp3) is 0.476. The molecule has 4 heteroatoms. The molecule has 1 N–H and O–H groups in total. The van der Waals surface area contributed by atoms with Gasteiger partial charge in [0, 0.05) is 37.2 Å². The van der Waals surface area contributed by atoms with Crippen LogP contribution >= 0.6 is 0 Å². The molecule has 0 unspecified atom stereocenters. The maximum Gasteiger partial charge on any atom is 0.268 e. The molecule has 0 spiro atoms. The number of hydrogen-bond donors (Lipinski definition) is 1. The van der Waals surface area contributed by atoms with E-state index in [2.05, 4.69) is 48.5 Å². The highest BCUT2D eigenvalue weighted by molar-refractivity contribution is 6.01. The standard InChI is InChI=1S/C21H30N2O2/c1-6-12-23-19-10-9-17(15(3)4)14-18(19)16(5)20(23)21(24)22-11-8-13-25-7-2/h6,9-10,14-15H,1,7-8,11-13H2,2-5H3,(H,22,24). The molecule has 1 heterocycles. The number of fused-ring (bicyclic) bond motifs is 1. The minimum absolute atomic E-state index is 0.0295. The molecule has 2 rings (SSSR count). The minimum atomic E-state index is -0.0295.